The number of nitrogens with one attached hydrogen (secondary N) is 1. The zero-order valence-electron chi connectivity index (χ0n) is 13.9. The maximum atomic E-state index is 13.2. The van der Waals surface area contributed by atoms with E-state index in [0.717, 1.165) is 30.6 Å². The molecular weight excluding hydrogens is 382 g/mol. The van der Waals surface area contributed by atoms with E-state index >= 15 is 0 Å². The minimum atomic E-state index is -0.210. The fraction of sp³-hybridized carbons (Fsp3) is 0.556. The van der Waals surface area contributed by atoms with Gasteiger partial charge in [0, 0.05) is 10.0 Å². The highest BCUT2D eigenvalue weighted by molar-refractivity contribution is 9.10. The van der Waals surface area contributed by atoms with Gasteiger partial charge in [-0.1, -0.05) is 22.0 Å². The molecule has 2 atom stereocenters. The summed E-state index contributed by atoms with van der Waals surface area (Å²) in [6, 6.07) is 7.68. The summed E-state index contributed by atoms with van der Waals surface area (Å²) < 4.78 is 1.77. The van der Waals surface area contributed by atoms with Crippen LogP contribution in [0.1, 0.15) is 38.5 Å². The van der Waals surface area contributed by atoms with E-state index in [1.54, 1.807) is 11.0 Å². The Kier molecular flexibility index (Phi) is 3.33. The number of halogens is 1. The van der Waals surface area contributed by atoms with Crippen LogP contribution >= 0.6 is 15.9 Å². The second-order valence-electron chi connectivity index (χ2n) is 8.15. The van der Waals surface area contributed by atoms with E-state index in [2.05, 4.69) is 36.8 Å². The van der Waals surface area contributed by atoms with Gasteiger partial charge < -0.3 is 5.32 Å². The fourth-order valence-electron chi connectivity index (χ4n) is 5.69. The van der Waals surface area contributed by atoms with Crippen molar-refractivity contribution in [2.24, 2.45) is 17.3 Å². The molecule has 25 heavy (non-hydrogen) atoms. The molecule has 0 radical (unpaired) electrons. The summed E-state index contributed by atoms with van der Waals surface area (Å²) in [4.78, 5) is 13.2. The second-order valence-corrected chi connectivity index (χ2v) is 9.83. The van der Waals surface area contributed by atoms with Crippen LogP contribution in [0.15, 0.2) is 30.6 Å². The molecule has 0 spiro atoms. The molecule has 6 rings (SSSR count). The van der Waals surface area contributed by atoms with Crippen molar-refractivity contribution >= 4 is 27.5 Å². The first-order chi connectivity index (χ1) is 12.0. The molecule has 130 valence electrons. The molecule has 7 heteroatoms. The minimum absolute atomic E-state index is 0.180. The minimum Gasteiger partial charge on any atom is -0.326 e. The normalized spacial score (nSPS) is 35.7. The van der Waals surface area contributed by atoms with E-state index in [1.165, 1.54) is 19.3 Å². The van der Waals surface area contributed by atoms with Crippen molar-refractivity contribution < 1.29 is 4.79 Å². The highest BCUT2D eigenvalue weighted by atomic mass is 79.9. The maximum absolute atomic E-state index is 13.2. The van der Waals surface area contributed by atoms with Crippen LogP contribution in [-0.4, -0.2) is 30.4 Å². The Labute approximate surface area is 154 Å². The Morgan fingerprint density at radius 1 is 1.24 bits per heavy atom. The van der Waals surface area contributed by atoms with Crippen LogP contribution in [0.2, 0.25) is 0 Å². The monoisotopic (exact) mass is 401 g/mol. The molecule has 0 saturated heterocycles. The van der Waals surface area contributed by atoms with Crippen LogP contribution in [-0.2, 0) is 4.79 Å². The number of hydrogen-bond donors (Lipinski definition) is 1. The summed E-state index contributed by atoms with van der Waals surface area (Å²) in [6.07, 6.45) is 8.35. The van der Waals surface area contributed by atoms with Gasteiger partial charge in [0.25, 0.3) is 0 Å². The van der Waals surface area contributed by atoms with Crippen LogP contribution in [0.3, 0.4) is 0 Å². The molecule has 1 amide bonds. The predicted molar refractivity (Wildman–Crippen MR) is 96.6 cm³/mol. The summed E-state index contributed by atoms with van der Waals surface area (Å²) in [6.45, 7) is 0. The van der Waals surface area contributed by atoms with Gasteiger partial charge in [0.15, 0.2) is 0 Å². The molecule has 1 aromatic heterocycles. The summed E-state index contributed by atoms with van der Waals surface area (Å²) in [7, 11) is 0. The molecule has 6 nitrogen and oxygen atoms in total. The summed E-state index contributed by atoms with van der Waals surface area (Å²) in [5, 5.41) is 14.4. The molecule has 1 heterocycles. The topological polar surface area (TPSA) is 72.7 Å². The molecule has 1 N–H and O–H groups in total. The Hall–Kier alpha value is -1.76. The van der Waals surface area contributed by atoms with Gasteiger partial charge in [-0.3, -0.25) is 4.79 Å². The number of benzene rings is 1. The molecule has 4 fully saturated rings. The van der Waals surface area contributed by atoms with Crippen LogP contribution in [0, 0.1) is 17.3 Å². The van der Waals surface area contributed by atoms with Gasteiger partial charge in [-0.2, -0.15) is 0 Å². The highest BCUT2D eigenvalue weighted by Gasteiger charge is 2.59. The number of carbonyl (C=O) groups excluding carboxylic acids is 1. The Morgan fingerprint density at radius 3 is 2.72 bits per heavy atom. The average Bonchev–Trinajstić information content (AvgIpc) is 3.07. The van der Waals surface area contributed by atoms with Gasteiger partial charge in [-0.15, -0.1) is 5.10 Å². The van der Waals surface area contributed by atoms with Gasteiger partial charge in [-0.25, -0.2) is 4.68 Å². The molecular formula is C18H20BrN5O. The third-order valence-electron chi connectivity index (χ3n) is 6.19. The quantitative estimate of drug-likeness (QED) is 0.800. The first kappa shape index (κ1) is 15.5. The summed E-state index contributed by atoms with van der Waals surface area (Å²) in [5.41, 5.74) is 1.43. The van der Waals surface area contributed by atoms with Crippen molar-refractivity contribution in [1.82, 2.24) is 20.2 Å². The van der Waals surface area contributed by atoms with E-state index in [0.29, 0.717) is 11.8 Å². The maximum Gasteiger partial charge on any atom is 0.230 e. The smallest absolute Gasteiger partial charge is 0.230 e. The first-order valence-corrected chi connectivity index (χ1v) is 9.67. The number of nitrogens with zero attached hydrogens (tertiary/aromatic N) is 4. The Bertz CT molecular complexity index is 807. The molecule has 4 aliphatic carbocycles. The number of anilines is 1. The van der Waals surface area contributed by atoms with Gasteiger partial charge in [0.05, 0.1) is 11.1 Å². The molecule has 2 aromatic rings. The lowest BCUT2D eigenvalue weighted by molar-refractivity contribution is -0.138. The lowest BCUT2D eigenvalue weighted by Gasteiger charge is -2.59. The average molecular weight is 402 g/mol. The lowest BCUT2D eigenvalue weighted by Crippen LogP contribution is -2.57. The number of amides is 1. The van der Waals surface area contributed by atoms with Crippen molar-refractivity contribution in [2.75, 3.05) is 5.32 Å². The lowest BCUT2D eigenvalue weighted by atomic mass is 9.49. The Balaban J connectivity index is 1.40. The molecule has 2 unspecified atom stereocenters. The first-order valence-electron chi connectivity index (χ1n) is 8.88. The van der Waals surface area contributed by atoms with E-state index in [1.807, 2.05) is 24.3 Å². The van der Waals surface area contributed by atoms with Crippen LogP contribution < -0.4 is 5.32 Å². The third-order valence-corrected chi connectivity index (χ3v) is 7.12. The number of aromatic nitrogens is 4. The van der Waals surface area contributed by atoms with Crippen LogP contribution in [0.25, 0.3) is 5.69 Å². The molecule has 0 aliphatic heterocycles. The number of alkyl halides is 1. The zero-order chi connectivity index (χ0) is 17.1. The van der Waals surface area contributed by atoms with Crippen molar-refractivity contribution in [3.05, 3.63) is 30.6 Å². The largest absolute Gasteiger partial charge is 0.326 e. The SMILES string of the molecule is O=C(Nc1cccc(-n2cnnn2)c1)C12CC3CC(CC(Br)(C3)C1)C2. The van der Waals surface area contributed by atoms with Crippen LogP contribution in [0.4, 0.5) is 5.69 Å². The fourth-order valence-corrected chi connectivity index (χ4v) is 7.14. The van der Waals surface area contributed by atoms with Crippen LogP contribution in [0.5, 0.6) is 0 Å². The van der Waals surface area contributed by atoms with Crippen molar-refractivity contribution in [1.29, 1.82) is 0 Å². The Morgan fingerprint density at radius 2 is 2.04 bits per heavy atom. The van der Waals surface area contributed by atoms with E-state index < -0.39 is 0 Å². The summed E-state index contributed by atoms with van der Waals surface area (Å²) in [5.74, 6) is 1.57. The number of carbonyl (C=O) groups is 1. The standard InChI is InChI=1S/C18H20BrN5O/c19-18-8-12-4-13(9-18)7-17(6-12,10-18)16(25)21-14-2-1-3-15(5-14)24-11-20-22-23-24/h1-3,5,11-13H,4,6-10H2,(H,21,25). The second kappa shape index (κ2) is 5.37. The highest BCUT2D eigenvalue weighted by Crippen LogP contribution is 2.64. The predicted octanol–water partition coefficient (Wildman–Crippen LogP) is 3.33. The molecule has 4 aliphatic rings. The van der Waals surface area contributed by atoms with Crippen molar-refractivity contribution in [2.45, 2.75) is 42.8 Å². The van der Waals surface area contributed by atoms with Gasteiger partial charge in [0.2, 0.25) is 5.91 Å². The zero-order valence-corrected chi connectivity index (χ0v) is 15.4. The van der Waals surface area contributed by atoms with E-state index in [9.17, 15) is 4.79 Å². The van der Waals surface area contributed by atoms with E-state index in [4.69, 9.17) is 0 Å². The third kappa shape index (κ3) is 2.60. The number of tetrazole rings is 1. The summed E-state index contributed by atoms with van der Waals surface area (Å²) >= 11 is 3.98. The van der Waals surface area contributed by atoms with Gasteiger partial charge in [0.1, 0.15) is 6.33 Å². The van der Waals surface area contributed by atoms with Crippen molar-refractivity contribution in [3.8, 4) is 5.69 Å². The van der Waals surface area contributed by atoms with E-state index in [-0.39, 0.29) is 15.6 Å². The van der Waals surface area contributed by atoms with Crippen molar-refractivity contribution in [3.63, 3.8) is 0 Å². The number of hydrogen-bond acceptors (Lipinski definition) is 4. The van der Waals surface area contributed by atoms with Gasteiger partial charge in [-0.05, 0) is 79.0 Å². The molecule has 1 aromatic carbocycles. The van der Waals surface area contributed by atoms with Gasteiger partial charge >= 0.3 is 0 Å². The molecule has 4 bridgehead atoms. The molecule has 4 saturated carbocycles. The number of rotatable bonds is 3.